The van der Waals surface area contributed by atoms with E-state index in [1.54, 1.807) is 0 Å². The molecule has 0 bridgehead atoms. The first kappa shape index (κ1) is 13.8. The number of rotatable bonds is 5. The van der Waals surface area contributed by atoms with E-state index in [-0.39, 0.29) is 6.04 Å². The van der Waals surface area contributed by atoms with Gasteiger partial charge in [0, 0.05) is 30.0 Å². The smallest absolute Gasteiger partial charge is 0.140 e. The molecule has 4 heteroatoms. The van der Waals surface area contributed by atoms with Crippen molar-refractivity contribution >= 4 is 11.0 Å². The molecule has 1 atom stereocenters. The quantitative estimate of drug-likeness (QED) is 0.782. The topological polar surface area (TPSA) is 56.7 Å². The van der Waals surface area contributed by atoms with Crippen LogP contribution in [0, 0.1) is 0 Å². The van der Waals surface area contributed by atoms with Crippen LogP contribution in [0.4, 0.5) is 0 Å². The number of aromatic nitrogens is 3. The summed E-state index contributed by atoms with van der Waals surface area (Å²) in [6, 6.07) is 10.3. The van der Waals surface area contributed by atoms with Crippen molar-refractivity contribution in [2.75, 3.05) is 0 Å². The molecule has 3 aromatic heterocycles. The number of nitrogens with two attached hydrogens (primary N) is 1. The van der Waals surface area contributed by atoms with Crippen LogP contribution in [-0.4, -0.2) is 20.6 Å². The summed E-state index contributed by atoms with van der Waals surface area (Å²) in [5, 5.41) is 1.19. The van der Waals surface area contributed by atoms with E-state index in [9.17, 15) is 0 Å². The fraction of sp³-hybridized carbons (Fsp3) is 0.294. The van der Waals surface area contributed by atoms with Gasteiger partial charge < -0.3 is 10.3 Å². The SMILES string of the molecule is CCC(N)Cc1cn(Cc2ccccn2)c2ncccc12. The Kier molecular flexibility index (Phi) is 3.97. The van der Waals surface area contributed by atoms with Crippen molar-refractivity contribution in [2.24, 2.45) is 5.73 Å². The zero-order chi connectivity index (χ0) is 14.7. The Morgan fingerprint density at radius 2 is 2.00 bits per heavy atom. The zero-order valence-corrected chi connectivity index (χ0v) is 12.2. The number of nitrogens with zero attached hydrogens (tertiary/aromatic N) is 3. The summed E-state index contributed by atoms with van der Waals surface area (Å²) in [5.41, 5.74) is 9.42. The van der Waals surface area contributed by atoms with E-state index in [0.29, 0.717) is 0 Å². The number of hydrogen-bond acceptors (Lipinski definition) is 3. The van der Waals surface area contributed by atoms with Crippen LogP contribution < -0.4 is 5.73 Å². The second kappa shape index (κ2) is 6.06. The largest absolute Gasteiger partial charge is 0.327 e. The molecule has 0 saturated carbocycles. The molecule has 1 unspecified atom stereocenters. The van der Waals surface area contributed by atoms with E-state index in [4.69, 9.17) is 5.73 Å². The van der Waals surface area contributed by atoms with Gasteiger partial charge in [-0.25, -0.2) is 4.98 Å². The van der Waals surface area contributed by atoms with Gasteiger partial charge in [-0.05, 0) is 42.7 Å². The van der Waals surface area contributed by atoms with Crippen molar-refractivity contribution in [1.82, 2.24) is 14.5 Å². The first-order valence-corrected chi connectivity index (χ1v) is 7.36. The van der Waals surface area contributed by atoms with E-state index in [1.165, 1.54) is 10.9 Å². The Balaban J connectivity index is 1.99. The first-order valence-electron chi connectivity index (χ1n) is 7.36. The highest BCUT2D eigenvalue weighted by atomic mass is 15.0. The molecule has 0 aliphatic rings. The van der Waals surface area contributed by atoms with E-state index in [2.05, 4.69) is 33.7 Å². The Morgan fingerprint density at radius 3 is 2.76 bits per heavy atom. The van der Waals surface area contributed by atoms with Crippen LogP contribution in [0.1, 0.15) is 24.6 Å². The third-order valence-corrected chi connectivity index (χ3v) is 3.78. The van der Waals surface area contributed by atoms with Gasteiger partial charge in [0.15, 0.2) is 0 Å². The molecule has 0 saturated heterocycles. The average Bonchev–Trinajstić information content (AvgIpc) is 2.86. The van der Waals surface area contributed by atoms with Crippen molar-refractivity contribution in [3.05, 3.63) is 60.2 Å². The second-order valence-corrected chi connectivity index (χ2v) is 5.35. The van der Waals surface area contributed by atoms with Crippen molar-refractivity contribution in [3.63, 3.8) is 0 Å². The molecule has 0 spiro atoms. The fourth-order valence-electron chi connectivity index (χ4n) is 2.57. The van der Waals surface area contributed by atoms with E-state index < -0.39 is 0 Å². The maximum atomic E-state index is 6.12. The van der Waals surface area contributed by atoms with Gasteiger partial charge in [0.05, 0.1) is 12.2 Å². The van der Waals surface area contributed by atoms with Gasteiger partial charge in [-0.2, -0.15) is 0 Å². The molecule has 21 heavy (non-hydrogen) atoms. The predicted molar refractivity (Wildman–Crippen MR) is 85.0 cm³/mol. The van der Waals surface area contributed by atoms with Crippen LogP contribution in [0.2, 0.25) is 0 Å². The average molecular weight is 280 g/mol. The Morgan fingerprint density at radius 1 is 1.14 bits per heavy atom. The monoisotopic (exact) mass is 280 g/mol. The minimum Gasteiger partial charge on any atom is -0.327 e. The second-order valence-electron chi connectivity index (χ2n) is 5.35. The Hall–Kier alpha value is -2.20. The minimum absolute atomic E-state index is 0.194. The van der Waals surface area contributed by atoms with Gasteiger partial charge in [0.25, 0.3) is 0 Å². The molecule has 0 fully saturated rings. The lowest BCUT2D eigenvalue weighted by molar-refractivity contribution is 0.646. The van der Waals surface area contributed by atoms with Crippen molar-refractivity contribution < 1.29 is 0 Å². The van der Waals surface area contributed by atoms with Crippen LogP contribution in [0.5, 0.6) is 0 Å². The highest BCUT2D eigenvalue weighted by molar-refractivity contribution is 5.80. The molecule has 3 rings (SSSR count). The standard InChI is InChI=1S/C17H20N4/c1-2-14(18)10-13-11-21(12-15-6-3-4-8-19-15)17-16(13)7-5-9-20-17/h3-9,11,14H,2,10,12,18H2,1H3. The van der Waals surface area contributed by atoms with Gasteiger partial charge >= 0.3 is 0 Å². The minimum atomic E-state index is 0.194. The molecular weight excluding hydrogens is 260 g/mol. The molecule has 3 heterocycles. The molecule has 0 aliphatic heterocycles. The molecule has 108 valence electrons. The molecule has 2 N–H and O–H groups in total. The summed E-state index contributed by atoms with van der Waals surface area (Å²) >= 11 is 0. The van der Waals surface area contributed by atoms with Gasteiger partial charge in [0.2, 0.25) is 0 Å². The molecule has 0 amide bonds. The molecule has 0 aromatic carbocycles. The van der Waals surface area contributed by atoms with Crippen LogP contribution in [0.25, 0.3) is 11.0 Å². The van der Waals surface area contributed by atoms with Gasteiger partial charge in [-0.15, -0.1) is 0 Å². The van der Waals surface area contributed by atoms with Crippen molar-refractivity contribution in [2.45, 2.75) is 32.4 Å². The van der Waals surface area contributed by atoms with Crippen LogP contribution in [-0.2, 0) is 13.0 Å². The normalized spacial score (nSPS) is 12.7. The third-order valence-electron chi connectivity index (χ3n) is 3.78. The van der Waals surface area contributed by atoms with E-state index in [0.717, 1.165) is 30.7 Å². The lowest BCUT2D eigenvalue weighted by atomic mass is 10.1. The summed E-state index contributed by atoms with van der Waals surface area (Å²) in [6.07, 6.45) is 7.69. The van der Waals surface area contributed by atoms with E-state index >= 15 is 0 Å². The Labute approximate surface area is 124 Å². The molecule has 3 aromatic rings. The fourth-order valence-corrected chi connectivity index (χ4v) is 2.57. The number of hydrogen-bond donors (Lipinski definition) is 1. The van der Waals surface area contributed by atoms with Gasteiger partial charge in [-0.1, -0.05) is 13.0 Å². The maximum Gasteiger partial charge on any atom is 0.140 e. The summed E-state index contributed by atoms with van der Waals surface area (Å²) < 4.78 is 2.16. The zero-order valence-electron chi connectivity index (χ0n) is 12.2. The van der Waals surface area contributed by atoms with Crippen molar-refractivity contribution in [3.8, 4) is 0 Å². The number of pyridine rings is 2. The lowest BCUT2D eigenvalue weighted by Crippen LogP contribution is -2.21. The predicted octanol–water partition coefficient (Wildman–Crippen LogP) is 2.76. The van der Waals surface area contributed by atoms with Crippen LogP contribution in [0.15, 0.2) is 48.9 Å². The van der Waals surface area contributed by atoms with Crippen molar-refractivity contribution in [1.29, 1.82) is 0 Å². The molecule has 0 radical (unpaired) electrons. The molecular formula is C17H20N4. The van der Waals surface area contributed by atoms with Gasteiger partial charge in [-0.3, -0.25) is 4.98 Å². The first-order chi connectivity index (χ1) is 10.3. The van der Waals surface area contributed by atoms with E-state index in [1.807, 2.05) is 36.7 Å². The number of fused-ring (bicyclic) bond motifs is 1. The summed E-state index contributed by atoms with van der Waals surface area (Å²) in [4.78, 5) is 8.92. The van der Waals surface area contributed by atoms with Crippen LogP contribution >= 0.6 is 0 Å². The molecule has 0 aliphatic carbocycles. The third kappa shape index (κ3) is 2.95. The van der Waals surface area contributed by atoms with Gasteiger partial charge in [0.1, 0.15) is 5.65 Å². The Bertz CT molecular complexity index is 718. The summed E-state index contributed by atoms with van der Waals surface area (Å²) in [6.45, 7) is 2.85. The summed E-state index contributed by atoms with van der Waals surface area (Å²) in [7, 11) is 0. The van der Waals surface area contributed by atoms with Crippen LogP contribution in [0.3, 0.4) is 0 Å². The summed E-state index contributed by atoms with van der Waals surface area (Å²) in [5.74, 6) is 0. The molecule has 4 nitrogen and oxygen atoms in total. The highest BCUT2D eigenvalue weighted by Crippen LogP contribution is 2.21. The highest BCUT2D eigenvalue weighted by Gasteiger charge is 2.12. The maximum absolute atomic E-state index is 6.12. The lowest BCUT2D eigenvalue weighted by Gasteiger charge is -2.06.